The number of hydrogen-bond donors (Lipinski definition) is 3. The quantitative estimate of drug-likeness (QED) is 0.321. The van der Waals surface area contributed by atoms with E-state index >= 15 is 0 Å². The van der Waals surface area contributed by atoms with Crippen LogP contribution in [0.15, 0.2) is 29.4 Å². The number of halogens is 1. The highest BCUT2D eigenvalue weighted by Gasteiger charge is 2.14. The van der Waals surface area contributed by atoms with Crippen molar-refractivity contribution in [1.82, 2.24) is 15.6 Å². The normalized spacial score (nSPS) is 17.4. The van der Waals surface area contributed by atoms with E-state index in [0.717, 1.165) is 75.0 Å². The summed E-state index contributed by atoms with van der Waals surface area (Å²) in [7, 11) is 0. The summed E-state index contributed by atoms with van der Waals surface area (Å²) in [5, 5.41) is 8.64. The van der Waals surface area contributed by atoms with Crippen molar-refractivity contribution in [3.8, 4) is 0 Å². The Morgan fingerprint density at radius 1 is 1.39 bits per heavy atom. The molecule has 1 fully saturated rings. The molecular formula is C21H31ClN4O2. The van der Waals surface area contributed by atoms with Crippen LogP contribution < -0.4 is 10.6 Å². The van der Waals surface area contributed by atoms with E-state index < -0.39 is 0 Å². The number of aromatic nitrogens is 1. The molecule has 1 saturated heterocycles. The lowest BCUT2D eigenvalue weighted by molar-refractivity contribution is 0.0171. The van der Waals surface area contributed by atoms with Gasteiger partial charge in [0.1, 0.15) is 0 Å². The van der Waals surface area contributed by atoms with E-state index in [1.165, 1.54) is 10.9 Å². The number of fused-ring (bicyclic) bond motifs is 1. The van der Waals surface area contributed by atoms with Crippen molar-refractivity contribution >= 4 is 28.5 Å². The average molecular weight is 407 g/mol. The van der Waals surface area contributed by atoms with Gasteiger partial charge in [0, 0.05) is 55.0 Å². The lowest BCUT2D eigenvalue weighted by atomic mass is 10.1. The van der Waals surface area contributed by atoms with Gasteiger partial charge in [-0.1, -0.05) is 11.6 Å². The minimum Gasteiger partial charge on any atom is -0.379 e. The summed E-state index contributed by atoms with van der Waals surface area (Å²) in [5.74, 6) is 0.847. The topological polar surface area (TPSA) is 70.7 Å². The highest BCUT2D eigenvalue weighted by molar-refractivity contribution is 6.31. The van der Waals surface area contributed by atoms with E-state index in [4.69, 9.17) is 21.1 Å². The highest BCUT2D eigenvalue weighted by atomic mass is 35.5. The Bertz CT molecular complexity index is 756. The van der Waals surface area contributed by atoms with E-state index in [0.29, 0.717) is 12.7 Å². The number of benzene rings is 1. The first kappa shape index (κ1) is 21.0. The van der Waals surface area contributed by atoms with Crippen LogP contribution in [-0.2, 0) is 15.9 Å². The summed E-state index contributed by atoms with van der Waals surface area (Å²) in [5.41, 5.74) is 2.37. The first-order valence-corrected chi connectivity index (χ1v) is 10.6. The van der Waals surface area contributed by atoms with Gasteiger partial charge in [-0.25, -0.2) is 0 Å². The van der Waals surface area contributed by atoms with Crippen LogP contribution >= 0.6 is 11.6 Å². The Labute approximate surface area is 172 Å². The second-order valence-corrected chi connectivity index (χ2v) is 7.44. The van der Waals surface area contributed by atoms with Gasteiger partial charge in [0.25, 0.3) is 0 Å². The van der Waals surface area contributed by atoms with Crippen LogP contribution in [0.5, 0.6) is 0 Å². The second kappa shape index (κ2) is 11.3. The third-order valence-corrected chi connectivity index (χ3v) is 5.04. The molecular weight excluding hydrogens is 376 g/mol. The number of ether oxygens (including phenoxy) is 2. The Balaban J connectivity index is 1.38. The molecule has 1 aliphatic rings. The van der Waals surface area contributed by atoms with Gasteiger partial charge < -0.3 is 25.1 Å². The molecule has 1 aliphatic heterocycles. The van der Waals surface area contributed by atoms with Gasteiger partial charge in [0.15, 0.2) is 5.96 Å². The number of nitrogens with one attached hydrogen (secondary N) is 3. The molecule has 154 valence electrons. The Morgan fingerprint density at radius 3 is 3.14 bits per heavy atom. The number of rotatable bonds is 10. The van der Waals surface area contributed by atoms with Gasteiger partial charge in [-0.3, -0.25) is 4.99 Å². The molecule has 1 atom stereocenters. The molecule has 1 aromatic carbocycles. The first-order valence-electron chi connectivity index (χ1n) is 10.2. The van der Waals surface area contributed by atoms with Crippen LogP contribution in [0, 0.1) is 0 Å². The largest absolute Gasteiger partial charge is 0.379 e. The number of guanidine groups is 1. The molecule has 1 aromatic heterocycles. The van der Waals surface area contributed by atoms with Crippen LogP contribution in [-0.4, -0.2) is 56.5 Å². The van der Waals surface area contributed by atoms with E-state index in [1.807, 2.05) is 18.2 Å². The fourth-order valence-corrected chi connectivity index (χ4v) is 3.53. The van der Waals surface area contributed by atoms with Gasteiger partial charge in [0.05, 0.1) is 12.7 Å². The minimum absolute atomic E-state index is 0.293. The predicted octanol–water partition coefficient (Wildman–Crippen LogP) is 3.50. The summed E-state index contributed by atoms with van der Waals surface area (Å²) < 4.78 is 11.2. The molecule has 0 spiro atoms. The predicted molar refractivity (Wildman–Crippen MR) is 115 cm³/mol. The molecule has 0 bridgehead atoms. The number of hydrogen-bond acceptors (Lipinski definition) is 3. The lowest BCUT2D eigenvalue weighted by Crippen LogP contribution is -2.38. The molecule has 1 unspecified atom stereocenters. The van der Waals surface area contributed by atoms with Crippen LogP contribution in [0.25, 0.3) is 10.9 Å². The molecule has 6 nitrogen and oxygen atoms in total. The fraction of sp³-hybridized carbons (Fsp3) is 0.571. The molecule has 0 saturated carbocycles. The standard InChI is InChI=1S/C21H31ClN4O2/c1-2-23-21(24-9-4-11-27-15-18-5-3-12-28-18)25-10-8-16-14-26-20-7-6-17(22)13-19(16)20/h6-7,13-14,18,26H,2-5,8-12,15H2,1H3,(H2,23,24,25). The minimum atomic E-state index is 0.293. The Morgan fingerprint density at radius 2 is 2.32 bits per heavy atom. The zero-order chi connectivity index (χ0) is 19.6. The summed E-state index contributed by atoms with van der Waals surface area (Å²) in [6, 6.07) is 5.93. The smallest absolute Gasteiger partial charge is 0.191 e. The number of aromatic amines is 1. The zero-order valence-electron chi connectivity index (χ0n) is 16.6. The second-order valence-electron chi connectivity index (χ2n) is 7.00. The lowest BCUT2D eigenvalue weighted by Gasteiger charge is -2.12. The molecule has 28 heavy (non-hydrogen) atoms. The molecule has 0 radical (unpaired) electrons. The third-order valence-electron chi connectivity index (χ3n) is 4.80. The fourth-order valence-electron chi connectivity index (χ4n) is 3.36. The van der Waals surface area contributed by atoms with E-state index in [9.17, 15) is 0 Å². The van der Waals surface area contributed by atoms with Crippen LogP contribution in [0.3, 0.4) is 0 Å². The van der Waals surface area contributed by atoms with Crippen molar-refractivity contribution in [1.29, 1.82) is 0 Å². The Hall–Kier alpha value is -1.76. The summed E-state index contributed by atoms with van der Waals surface area (Å²) in [6.07, 6.45) is 6.43. The summed E-state index contributed by atoms with van der Waals surface area (Å²) >= 11 is 6.13. The van der Waals surface area contributed by atoms with Gasteiger partial charge in [-0.15, -0.1) is 0 Å². The van der Waals surface area contributed by atoms with Gasteiger partial charge in [-0.2, -0.15) is 0 Å². The molecule has 0 aliphatic carbocycles. The van der Waals surface area contributed by atoms with Crippen molar-refractivity contribution in [3.63, 3.8) is 0 Å². The maximum Gasteiger partial charge on any atom is 0.191 e. The molecule has 0 amide bonds. The number of H-pyrrole nitrogens is 1. The molecule has 3 rings (SSSR count). The van der Waals surface area contributed by atoms with Gasteiger partial charge >= 0.3 is 0 Å². The van der Waals surface area contributed by atoms with Crippen LogP contribution in [0.1, 0.15) is 31.7 Å². The average Bonchev–Trinajstić information content (AvgIpc) is 3.34. The van der Waals surface area contributed by atoms with E-state index in [-0.39, 0.29) is 0 Å². The monoisotopic (exact) mass is 406 g/mol. The number of aliphatic imine (C=N–C) groups is 1. The number of nitrogens with zero attached hydrogens (tertiary/aromatic N) is 1. The first-order chi connectivity index (χ1) is 13.8. The van der Waals surface area contributed by atoms with Crippen LogP contribution in [0.2, 0.25) is 5.02 Å². The maximum atomic E-state index is 6.13. The van der Waals surface area contributed by atoms with Gasteiger partial charge in [0.2, 0.25) is 0 Å². The Kier molecular flexibility index (Phi) is 8.45. The SMILES string of the molecule is CCNC(=NCCCOCC1CCCO1)NCCc1c[nH]c2ccc(Cl)cc12. The molecule has 2 heterocycles. The van der Waals surface area contributed by atoms with Gasteiger partial charge in [-0.05, 0) is 56.4 Å². The van der Waals surface area contributed by atoms with Crippen molar-refractivity contribution in [2.45, 2.75) is 38.7 Å². The summed E-state index contributed by atoms with van der Waals surface area (Å²) in [6.45, 7) is 6.76. The highest BCUT2D eigenvalue weighted by Crippen LogP contribution is 2.22. The molecule has 2 aromatic rings. The van der Waals surface area contributed by atoms with E-state index in [1.54, 1.807) is 0 Å². The van der Waals surface area contributed by atoms with Crippen molar-refractivity contribution in [3.05, 3.63) is 35.0 Å². The van der Waals surface area contributed by atoms with Crippen molar-refractivity contribution in [2.75, 3.05) is 39.5 Å². The van der Waals surface area contributed by atoms with Crippen molar-refractivity contribution < 1.29 is 9.47 Å². The maximum absolute atomic E-state index is 6.13. The van der Waals surface area contributed by atoms with Crippen molar-refractivity contribution in [2.24, 2.45) is 4.99 Å². The summed E-state index contributed by atoms with van der Waals surface area (Å²) in [4.78, 5) is 7.93. The molecule has 3 N–H and O–H groups in total. The van der Waals surface area contributed by atoms with E-state index in [2.05, 4.69) is 33.7 Å². The van der Waals surface area contributed by atoms with Crippen LogP contribution in [0.4, 0.5) is 0 Å². The third kappa shape index (κ3) is 6.40. The molecule has 7 heteroatoms. The zero-order valence-corrected chi connectivity index (χ0v) is 17.4.